The Bertz CT molecular complexity index is 856. The molecule has 5 rings (SSSR count). The number of aromatic nitrogens is 1. The summed E-state index contributed by atoms with van der Waals surface area (Å²) < 4.78 is 17.6. The summed E-state index contributed by atoms with van der Waals surface area (Å²) in [4.78, 5) is 6.91. The highest BCUT2D eigenvalue weighted by Crippen LogP contribution is 2.44. The van der Waals surface area contributed by atoms with Crippen molar-refractivity contribution in [1.82, 2.24) is 4.98 Å². The van der Waals surface area contributed by atoms with E-state index in [4.69, 9.17) is 13.9 Å². The molecule has 1 atom stereocenters. The maximum atomic E-state index is 5.99. The second-order valence-corrected chi connectivity index (χ2v) is 6.19. The smallest absolute Gasteiger partial charge is 0.298 e. The van der Waals surface area contributed by atoms with E-state index in [0.717, 1.165) is 47.5 Å². The lowest BCUT2D eigenvalue weighted by atomic mass is 10.0. The molecule has 1 unspecified atom stereocenters. The Kier molecular flexibility index (Phi) is 3.11. The third-order valence-corrected chi connectivity index (χ3v) is 4.74. The molecule has 2 aliphatic rings. The molecule has 3 heterocycles. The molecule has 1 saturated heterocycles. The van der Waals surface area contributed by atoms with Crippen molar-refractivity contribution in [3.8, 4) is 11.5 Å². The molecule has 0 saturated carbocycles. The summed E-state index contributed by atoms with van der Waals surface area (Å²) in [6.45, 7) is 2.14. The van der Waals surface area contributed by atoms with Crippen molar-refractivity contribution in [3.05, 3.63) is 48.0 Å². The Labute approximate surface area is 139 Å². The van der Waals surface area contributed by atoms with E-state index in [1.807, 2.05) is 36.4 Å². The summed E-state index contributed by atoms with van der Waals surface area (Å²) in [7, 11) is 0. The van der Waals surface area contributed by atoms with Crippen LogP contribution in [0.25, 0.3) is 11.1 Å². The van der Waals surface area contributed by atoms with Crippen molar-refractivity contribution in [3.63, 3.8) is 0 Å². The molecule has 1 aromatic heterocycles. The number of hydrogen-bond donors (Lipinski definition) is 0. The summed E-state index contributed by atoms with van der Waals surface area (Å²) in [6, 6.07) is 14.9. The molecule has 2 aromatic carbocycles. The lowest BCUT2D eigenvalue weighted by Crippen LogP contribution is -2.25. The number of ether oxygens (including phenoxy) is 2. The van der Waals surface area contributed by atoms with Crippen LogP contribution in [0.3, 0.4) is 0 Å². The van der Waals surface area contributed by atoms with Crippen LogP contribution in [0.1, 0.15) is 24.4 Å². The van der Waals surface area contributed by atoms with Gasteiger partial charge in [0.2, 0.25) is 0 Å². The normalized spacial score (nSPS) is 19.8. The number of anilines is 1. The number of para-hydroxylation sites is 3. The van der Waals surface area contributed by atoms with Gasteiger partial charge >= 0.3 is 0 Å². The Morgan fingerprint density at radius 2 is 1.92 bits per heavy atom. The van der Waals surface area contributed by atoms with Gasteiger partial charge in [-0.1, -0.05) is 24.3 Å². The lowest BCUT2D eigenvalue weighted by Gasteiger charge is -2.27. The standard InChI is InChI=1S/C19H18N2O3/c1-2-8-16-14(6-1)20-19(24-16)21-10-4-7-15(21)13-5-3-9-17-18(13)23-12-11-22-17/h1-3,5-6,8-9,15H,4,7,10-12H2. The zero-order chi connectivity index (χ0) is 15.9. The number of fused-ring (bicyclic) bond motifs is 2. The first-order chi connectivity index (χ1) is 11.9. The van der Waals surface area contributed by atoms with Gasteiger partial charge in [-0.15, -0.1) is 0 Å². The fraction of sp³-hybridized carbons (Fsp3) is 0.316. The van der Waals surface area contributed by atoms with Crippen LogP contribution in [0, 0.1) is 0 Å². The van der Waals surface area contributed by atoms with E-state index in [1.165, 1.54) is 0 Å². The molecule has 24 heavy (non-hydrogen) atoms. The van der Waals surface area contributed by atoms with Crippen LogP contribution in [0.15, 0.2) is 46.9 Å². The molecular formula is C19H18N2O3. The van der Waals surface area contributed by atoms with Crippen molar-refractivity contribution in [2.24, 2.45) is 0 Å². The van der Waals surface area contributed by atoms with Crippen molar-refractivity contribution >= 4 is 17.1 Å². The number of rotatable bonds is 2. The third-order valence-electron chi connectivity index (χ3n) is 4.74. The van der Waals surface area contributed by atoms with Gasteiger partial charge in [0.15, 0.2) is 17.1 Å². The summed E-state index contributed by atoms with van der Waals surface area (Å²) in [6.07, 6.45) is 2.16. The molecule has 2 aliphatic heterocycles. The van der Waals surface area contributed by atoms with Gasteiger partial charge in [0.25, 0.3) is 6.01 Å². The quantitative estimate of drug-likeness (QED) is 0.715. The number of oxazole rings is 1. The van der Waals surface area contributed by atoms with Crippen molar-refractivity contribution in [2.45, 2.75) is 18.9 Å². The summed E-state index contributed by atoms with van der Waals surface area (Å²) in [5.41, 5.74) is 2.88. The zero-order valence-corrected chi connectivity index (χ0v) is 13.3. The number of hydrogen-bond acceptors (Lipinski definition) is 5. The first-order valence-corrected chi connectivity index (χ1v) is 8.41. The molecule has 0 radical (unpaired) electrons. The minimum atomic E-state index is 0.203. The molecular weight excluding hydrogens is 304 g/mol. The van der Waals surface area contributed by atoms with Crippen LogP contribution >= 0.6 is 0 Å². The molecule has 3 aromatic rings. The Morgan fingerprint density at radius 1 is 1.00 bits per heavy atom. The molecule has 1 fully saturated rings. The minimum Gasteiger partial charge on any atom is -0.486 e. The summed E-state index contributed by atoms with van der Waals surface area (Å²) >= 11 is 0. The largest absolute Gasteiger partial charge is 0.486 e. The second-order valence-electron chi connectivity index (χ2n) is 6.19. The minimum absolute atomic E-state index is 0.203. The van der Waals surface area contributed by atoms with E-state index in [0.29, 0.717) is 19.2 Å². The predicted octanol–water partition coefficient (Wildman–Crippen LogP) is 3.94. The van der Waals surface area contributed by atoms with Crippen molar-refractivity contribution < 1.29 is 13.9 Å². The summed E-state index contributed by atoms with van der Waals surface area (Å²) in [5.74, 6) is 1.71. The van der Waals surface area contributed by atoms with Crippen LogP contribution in [0.2, 0.25) is 0 Å². The molecule has 0 N–H and O–H groups in total. The SMILES string of the molecule is c1cc2c(c(C3CCCN3c3nc4ccccc4o3)c1)OCCO2. The van der Waals surface area contributed by atoms with E-state index in [2.05, 4.69) is 16.0 Å². The van der Waals surface area contributed by atoms with E-state index < -0.39 is 0 Å². The van der Waals surface area contributed by atoms with Gasteiger partial charge in [-0.2, -0.15) is 4.98 Å². The maximum absolute atomic E-state index is 5.99. The van der Waals surface area contributed by atoms with Crippen LogP contribution < -0.4 is 14.4 Å². The van der Waals surface area contributed by atoms with Crippen LogP contribution in [0.4, 0.5) is 6.01 Å². The fourth-order valence-corrected chi connectivity index (χ4v) is 3.66. The molecule has 0 amide bonds. The highest BCUT2D eigenvalue weighted by molar-refractivity contribution is 5.74. The van der Waals surface area contributed by atoms with E-state index in [9.17, 15) is 0 Å². The predicted molar refractivity (Wildman–Crippen MR) is 90.8 cm³/mol. The third kappa shape index (κ3) is 2.12. The van der Waals surface area contributed by atoms with Crippen LogP contribution in [-0.2, 0) is 0 Å². The molecule has 0 bridgehead atoms. The van der Waals surface area contributed by atoms with Gasteiger partial charge in [0.1, 0.15) is 18.7 Å². The average molecular weight is 322 g/mol. The van der Waals surface area contributed by atoms with Gasteiger partial charge in [0.05, 0.1) is 6.04 Å². The van der Waals surface area contributed by atoms with Gasteiger partial charge in [0, 0.05) is 12.1 Å². The van der Waals surface area contributed by atoms with E-state index in [-0.39, 0.29) is 6.04 Å². The zero-order valence-electron chi connectivity index (χ0n) is 13.3. The lowest BCUT2D eigenvalue weighted by molar-refractivity contribution is 0.169. The highest BCUT2D eigenvalue weighted by Gasteiger charge is 2.33. The van der Waals surface area contributed by atoms with Crippen molar-refractivity contribution in [1.29, 1.82) is 0 Å². The van der Waals surface area contributed by atoms with Crippen LogP contribution in [0.5, 0.6) is 11.5 Å². The maximum Gasteiger partial charge on any atom is 0.298 e. The van der Waals surface area contributed by atoms with Gasteiger partial charge in [-0.25, -0.2) is 0 Å². The molecule has 0 spiro atoms. The fourth-order valence-electron chi connectivity index (χ4n) is 3.66. The molecule has 5 nitrogen and oxygen atoms in total. The Morgan fingerprint density at radius 3 is 2.88 bits per heavy atom. The van der Waals surface area contributed by atoms with Gasteiger partial charge in [-0.3, -0.25) is 0 Å². The topological polar surface area (TPSA) is 47.7 Å². The van der Waals surface area contributed by atoms with Crippen LogP contribution in [-0.4, -0.2) is 24.7 Å². The molecule has 5 heteroatoms. The number of nitrogens with zero attached hydrogens (tertiary/aromatic N) is 2. The van der Waals surface area contributed by atoms with E-state index in [1.54, 1.807) is 0 Å². The first kappa shape index (κ1) is 13.7. The Balaban J connectivity index is 1.56. The van der Waals surface area contributed by atoms with Crippen molar-refractivity contribution in [2.75, 3.05) is 24.7 Å². The van der Waals surface area contributed by atoms with Gasteiger partial charge < -0.3 is 18.8 Å². The first-order valence-electron chi connectivity index (χ1n) is 8.41. The van der Waals surface area contributed by atoms with Gasteiger partial charge in [-0.05, 0) is 31.0 Å². The average Bonchev–Trinajstić information content (AvgIpc) is 3.27. The molecule has 122 valence electrons. The Hall–Kier alpha value is -2.69. The summed E-state index contributed by atoms with van der Waals surface area (Å²) in [5, 5.41) is 0. The second kappa shape index (κ2) is 5.44. The molecule has 0 aliphatic carbocycles. The van der Waals surface area contributed by atoms with E-state index >= 15 is 0 Å². The monoisotopic (exact) mass is 322 g/mol. The number of benzene rings is 2. The highest BCUT2D eigenvalue weighted by atomic mass is 16.6.